The second-order valence-electron chi connectivity index (χ2n) is 7.27. The van der Waals surface area contributed by atoms with Gasteiger partial charge in [0.25, 0.3) is 0 Å². The van der Waals surface area contributed by atoms with Crippen molar-refractivity contribution in [3.8, 4) is 5.75 Å². The summed E-state index contributed by atoms with van der Waals surface area (Å²) in [5, 5.41) is 6.77. The van der Waals surface area contributed by atoms with E-state index in [0.717, 1.165) is 43.2 Å². The number of nitrogens with zero attached hydrogens (tertiary/aromatic N) is 2. The SMILES string of the molecule is CN=C(NCCCCN(C)c1ccccc1)NCc1ccc(C)cc1OCCOC.I. The van der Waals surface area contributed by atoms with Crippen molar-refractivity contribution in [3.05, 3.63) is 59.7 Å². The first-order valence-corrected chi connectivity index (χ1v) is 10.6. The number of para-hydroxylation sites is 1. The molecule has 0 amide bonds. The minimum Gasteiger partial charge on any atom is -0.491 e. The molecule has 31 heavy (non-hydrogen) atoms. The average molecular weight is 540 g/mol. The zero-order valence-electron chi connectivity index (χ0n) is 19.2. The fraction of sp³-hybridized carbons (Fsp3) is 0.458. The van der Waals surface area contributed by atoms with E-state index >= 15 is 0 Å². The van der Waals surface area contributed by atoms with Crippen molar-refractivity contribution in [1.82, 2.24) is 10.6 Å². The highest BCUT2D eigenvalue weighted by atomic mass is 127. The van der Waals surface area contributed by atoms with E-state index in [-0.39, 0.29) is 24.0 Å². The monoisotopic (exact) mass is 540 g/mol. The van der Waals surface area contributed by atoms with Gasteiger partial charge in [0.1, 0.15) is 12.4 Å². The zero-order valence-corrected chi connectivity index (χ0v) is 21.5. The minimum atomic E-state index is 0. The van der Waals surface area contributed by atoms with Crippen LogP contribution in [0.3, 0.4) is 0 Å². The summed E-state index contributed by atoms with van der Waals surface area (Å²) in [5.74, 6) is 1.69. The number of unbranched alkanes of at least 4 members (excludes halogenated alkanes) is 1. The van der Waals surface area contributed by atoms with Gasteiger partial charge in [-0.3, -0.25) is 4.99 Å². The number of nitrogens with one attached hydrogen (secondary N) is 2. The summed E-state index contributed by atoms with van der Waals surface area (Å²) < 4.78 is 10.9. The molecule has 2 N–H and O–H groups in total. The van der Waals surface area contributed by atoms with E-state index in [0.29, 0.717) is 19.8 Å². The third kappa shape index (κ3) is 10.2. The molecule has 0 saturated carbocycles. The lowest BCUT2D eigenvalue weighted by Crippen LogP contribution is -2.37. The topological polar surface area (TPSA) is 58.1 Å². The number of guanidine groups is 1. The summed E-state index contributed by atoms with van der Waals surface area (Å²) in [7, 11) is 5.61. The first-order chi connectivity index (χ1) is 14.6. The number of hydrogen-bond acceptors (Lipinski definition) is 4. The van der Waals surface area contributed by atoms with Crippen LogP contribution in [0.2, 0.25) is 0 Å². The maximum Gasteiger partial charge on any atom is 0.191 e. The second-order valence-corrected chi connectivity index (χ2v) is 7.27. The molecule has 2 aromatic carbocycles. The molecule has 0 radical (unpaired) electrons. The summed E-state index contributed by atoms with van der Waals surface area (Å²) in [6, 6.07) is 16.7. The highest BCUT2D eigenvalue weighted by Gasteiger charge is 2.06. The summed E-state index contributed by atoms with van der Waals surface area (Å²) in [6.07, 6.45) is 2.19. The van der Waals surface area contributed by atoms with Crippen molar-refractivity contribution < 1.29 is 9.47 Å². The number of ether oxygens (including phenoxy) is 2. The number of aliphatic imine (C=N–C) groups is 1. The smallest absolute Gasteiger partial charge is 0.191 e. The molecule has 0 aliphatic heterocycles. The lowest BCUT2D eigenvalue weighted by Gasteiger charge is -2.19. The zero-order chi connectivity index (χ0) is 21.6. The van der Waals surface area contributed by atoms with Gasteiger partial charge in [-0.05, 0) is 43.5 Å². The van der Waals surface area contributed by atoms with Gasteiger partial charge in [0.15, 0.2) is 5.96 Å². The third-order valence-corrected chi connectivity index (χ3v) is 4.85. The summed E-state index contributed by atoms with van der Waals surface area (Å²) in [5.41, 5.74) is 3.53. The van der Waals surface area contributed by atoms with E-state index in [4.69, 9.17) is 9.47 Å². The number of rotatable bonds is 12. The molecule has 0 aromatic heterocycles. The molecule has 0 fully saturated rings. The van der Waals surface area contributed by atoms with Crippen LogP contribution in [0.25, 0.3) is 0 Å². The van der Waals surface area contributed by atoms with Crippen LogP contribution < -0.4 is 20.3 Å². The average Bonchev–Trinajstić information content (AvgIpc) is 2.77. The number of aryl methyl sites for hydroxylation is 1. The highest BCUT2D eigenvalue weighted by molar-refractivity contribution is 14.0. The Balaban J connectivity index is 0.00000480. The fourth-order valence-corrected chi connectivity index (χ4v) is 3.07. The molecule has 2 aromatic rings. The Morgan fingerprint density at radius 2 is 1.81 bits per heavy atom. The molecule has 0 saturated heterocycles. The quantitative estimate of drug-likeness (QED) is 0.183. The Kier molecular flexibility index (Phi) is 13.7. The molecule has 0 bridgehead atoms. The first-order valence-electron chi connectivity index (χ1n) is 10.6. The second kappa shape index (κ2) is 15.8. The molecular formula is C24H37IN4O2. The van der Waals surface area contributed by atoms with E-state index in [1.54, 1.807) is 14.2 Å². The Morgan fingerprint density at radius 1 is 1.03 bits per heavy atom. The molecule has 172 valence electrons. The van der Waals surface area contributed by atoms with E-state index < -0.39 is 0 Å². The van der Waals surface area contributed by atoms with Gasteiger partial charge in [-0.2, -0.15) is 0 Å². The van der Waals surface area contributed by atoms with E-state index in [1.807, 2.05) is 6.07 Å². The molecule has 0 atom stereocenters. The fourth-order valence-electron chi connectivity index (χ4n) is 3.07. The molecular weight excluding hydrogens is 503 g/mol. The first kappa shape index (κ1) is 27.0. The van der Waals surface area contributed by atoms with Gasteiger partial charge < -0.3 is 25.0 Å². The van der Waals surface area contributed by atoms with Crippen LogP contribution in [0.5, 0.6) is 5.75 Å². The lowest BCUT2D eigenvalue weighted by atomic mass is 10.1. The van der Waals surface area contributed by atoms with Gasteiger partial charge >= 0.3 is 0 Å². The molecule has 6 nitrogen and oxygen atoms in total. The predicted molar refractivity (Wildman–Crippen MR) is 141 cm³/mol. The van der Waals surface area contributed by atoms with Crippen LogP contribution >= 0.6 is 24.0 Å². The molecule has 0 aliphatic rings. The van der Waals surface area contributed by atoms with Gasteiger partial charge in [-0.25, -0.2) is 0 Å². The normalized spacial score (nSPS) is 10.9. The maximum atomic E-state index is 5.87. The molecule has 0 heterocycles. The molecule has 0 unspecified atom stereocenters. The van der Waals surface area contributed by atoms with Gasteiger partial charge in [0, 0.05) is 52.1 Å². The van der Waals surface area contributed by atoms with Crippen LogP contribution in [-0.4, -0.2) is 53.5 Å². The number of anilines is 1. The van der Waals surface area contributed by atoms with Crippen molar-refractivity contribution in [2.24, 2.45) is 4.99 Å². The number of hydrogen-bond donors (Lipinski definition) is 2. The van der Waals surface area contributed by atoms with E-state index in [1.165, 1.54) is 11.3 Å². The van der Waals surface area contributed by atoms with E-state index in [9.17, 15) is 0 Å². The number of benzene rings is 2. The van der Waals surface area contributed by atoms with Crippen molar-refractivity contribution in [2.75, 3.05) is 52.4 Å². The Labute approximate surface area is 204 Å². The van der Waals surface area contributed by atoms with Gasteiger partial charge in [-0.15, -0.1) is 24.0 Å². The van der Waals surface area contributed by atoms with Crippen LogP contribution in [0.1, 0.15) is 24.0 Å². The molecule has 0 spiro atoms. The van der Waals surface area contributed by atoms with Crippen molar-refractivity contribution in [1.29, 1.82) is 0 Å². The number of halogens is 1. The van der Waals surface area contributed by atoms with Gasteiger partial charge in [-0.1, -0.05) is 30.3 Å². The van der Waals surface area contributed by atoms with Gasteiger partial charge in [0.2, 0.25) is 0 Å². The third-order valence-electron chi connectivity index (χ3n) is 4.85. The maximum absolute atomic E-state index is 5.87. The summed E-state index contributed by atoms with van der Waals surface area (Å²) in [6.45, 7) is 5.74. The highest BCUT2D eigenvalue weighted by Crippen LogP contribution is 2.20. The largest absolute Gasteiger partial charge is 0.491 e. The summed E-state index contributed by atoms with van der Waals surface area (Å²) in [4.78, 5) is 6.62. The van der Waals surface area contributed by atoms with E-state index in [2.05, 4.69) is 77.0 Å². The molecule has 7 heteroatoms. The van der Waals surface area contributed by atoms with Crippen molar-refractivity contribution in [2.45, 2.75) is 26.3 Å². The molecule has 0 aliphatic carbocycles. The van der Waals surface area contributed by atoms with Crippen molar-refractivity contribution in [3.63, 3.8) is 0 Å². The minimum absolute atomic E-state index is 0. The Hall–Kier alpha value is -2.00. The van der Waals surface area contributed by atoms with Crippen molar-refractivity contribution >= 4 is 35.6 Å². The van der Waals surface area contributed by atoms with Crippen LogP contribution in [0, 0.1) is 6.92 Å². The Bertz CT molecular complexity index is 771. The Morgan fingerprint density at radius 3 is 2.52 bits per heavy atom. The number of methoxy groups -OCH3 is 1. The standard InChI is InChI=1S/C24H36N4O2.HI/c1-20-12-13-21(23(18-20)30-17-16-29-4)19-27-24(25-2)26-14-8-9-15-28(3)22-10-6-5-7-11-22;/h5-7,10-13,18H,8-9,14-17,19H2,1-4H3,(H2,25,26,27);1H. The van der Waals surface area contributed by atoms with Crippen LogP contribution in [0.4, 0.5) is 5.69 Å². The predicted octanol–water partition coefficient (Wildman–Crippen LogP) is 4.22. The van der Waals surface area contributed by atoms with Crippen LogP contribution in [0.15, 0.2) is 53.5 Å². The lowest BCUT2D eigenvalue weighted by molar-refractivity contribution is 0.145. The molecule has 2 rings (SSSR count). The van der Waals surface area contributed by atoms with Gasteiger partial charge in [0.05, 0.1) is 6.61 Å². The summed E-state index contributed by atoms with van der Waals surface area (Å²) >= 11 is 0. The van der Waals surface area contributed by atoms with Crippen LogP contribution in [-0.2, 0) is 11.3 Å².